The van der Waals surface area contributed by atoms with Crippen LogP contribution in [0.5, 0.6) is 0 Å². The predicted molar refractivity (Wildman–Crippen MR) is 105 cm³/mol. The second-order valence-electron chi connectivity index (χ2n) is 6.40. The Morgan fingerprint density at radius 3 is 2.52 bits per heavy atom. The summed E-state index contributed by atoms with van der Waals surface area (Å²) in [6, 6.07) is 10.1. The fourth-order valence-electron chi connectivity index (χ4n) is 2.85. The molecule has 0 saturated carbocycles. The lowest BCUT2D eigenvalue weighted by Gasteiger charge is -2.29. The lowest BCUT2D eigenvalue weighted by molar-refractivity contribution is -0.275. The maximum absolute atomic E-state index is 14.0. The van der Waals surface area contributed by atoms with Crippen molar-refractivity contribution in [3.8, 4) is 0 Å². The number of oxime groups is 1. The molecule has 2 aromatic rings. The SMILES string of the molecule is CCC(=O)NNc1cccc(C2=NOC(c3cc(Cl)cc(Cl)c3)(C(F)(F)F)C2)c1. The standard InChI is InChI=1S/C19H16Cl2F3N3O2/c1-2-17(28)26-25-15-5-3-4-11(6-15)16-10-18(29-27-16,19(22,23)24)12-7-13(20)9-14(21)8-12/h3-9,25H,2,10H2,1H3,(H,26,28). The van der Waals surface area contributed by atoms with Crippen molar-refractivity contribution in [1.82, 2.24) is 5.43 Å². The van der Waals surface area contributed by atoms with E-state index in [2.05, 4.69) is 16.0 Å². The van der Waals surface area contributed by atoms with Crippen molar-refractivity contribution in [2.24, 2.45) is 5.16 Å². The van der Waals surface area contributed by atoms with E-state index < -0.39 is 18.2 Å². The minimum atomic E-state index is -4.77. The van der Waals surface area contributed by atoms with Gasteiger partial charge in [-0.2, -0.15) is 13.2 Å². The second-order valence-corrected chi connectivity index (χ2v) is 7.27. The van der Waals surface area contributed by atoms with E-state index in [0.717, 1.165) is 12.1 Å². The molecule has 29 heavy (non-hydrogen) atoms. The van der Waals surface area contributed by atoms with Gasteiger partial charge < -0.3 is 4.84 Å². The largest absolute Gasteiger partial charge is 0.435 e. The smallest absolute Gasteiger partial charge is 0.374 e. The van der Waals surface area contributed by atoms with Crippen LogP contribution in [0.2, 0.25) is 10.0 Å². The summed E-state index contributed by atoms with van der Waals surface area (Å²) in [5, 5.41) is 3.83. The van der Waals surface area contributed by atoms with Gasteiger partial charge >= 0.3 is 6.18 Å². The molecule has 1 aliphatic rings. The lowest BCUT2D eigenvalue weighted by atomic mass is 9.86. The summed E-state index contributed by atoms with van der Waals surface area (Å²) in [5.41, 5.74) is 3.26. The molecule has 0 spiro atoms. The Balaban J connectivity index is 1.90. The van der Waals surface area contributed by atoms with E-state index in [-0.39, 0.29) is 33.6 Å². The lowest BCUT2D eigenvalue weighted by Crippen LogP contribution is -2.42. The van der Waals surface area contributed by atoms with Crippen LogP contribution in [0.25, 0.3) is 0 Å². The zero-order valence-electron chi connectivity index (χ0n) is 15.1. The van der Waals surface area contributed by atoms with E-state index in [9.17, 15) is 18.0 Å². The van der Waals surface area contributed by atoms with Crippen LogP contribution in [0.1, 0.15) is 30.9 Å². The average molecular weight is 446 g/mol. The van der Waals surface area contributed by atoms with Crippen molar-refractivity contribution in [3.05, 3.63) is 63.6 Å². The number of anilines is 1. The topological polar surface area (TPSA) is 62.7 Å². The third-order valence-corrected chi connectivity index (χ3v) is 4.81. The molecule has 1 amide bonds. The fraction of sp³-hybridized carbons (Fsp3) is 0.263. The Morgan fingerprint density at radius 2 is 1.90 bits per heavy atom. The summed E-state index contributed by atoms with van der Waals surface area (Å²) in [7, 11) is 0. The highest BCUT2D eigenvalue weighted by atomic mass is 35.5. The predicted octanol–water partition coefficient (Wildman–Crippen LogP) is 5.43. The van der Waals surface area contributed by atoms with Crippen LogP contribution < -0.4 is 10.9 Å². The van der Waals surface area contributed by atoms with Crippen LogP contribution in [-0.4, -0.2) is 17.8 Å². The molecular weight excluding hydrogens is 430 g/mol. The first-order valence-corrected chi connectivity index (χ1v) is 9.34. The highest BCUT2D eigenvalue weighted by Crippen LogP contribution is 2.49. The number of carbonyl (C=O) groups is 1. The molecular formula is C19H16Cl2F3N3O2. The maximum Gasteiger partial charge on any atom is 0.435 e. The van der Waals surface area contributed by atoms with Gasteiger partial charge in [0.15, 0.2) is 0 Å². The Kier molecular flexibility index (Phi) is 5.95. The Hall–Kier alpha value is -2.45. The summed E-state index contributed by atoms with van der Waals surface area (Å²) in [6.45, 7) is 1.69. The molecule has 2 N–H and O–H groups in total. The van der Waals surface area contributed by atoms with Crippen LogP contribution in [0.15, 0.2) is 47.6 Å². The first kappa shape index (κ1) is 21.3. The van der Waals surface area contributed by atoms with Crippen molar-refractivity contribution in [1.29, 1.82) is 0 Å². The Labute approximate surface area is 174 Å². The molecule has 0 aliphatic carbocycles. The zero-order valence-corrected chi connectivity index (χ0v) is 16.6. The molecule has 1 unspecified atom stereocenters. The minimum absolute atomic E-state index is 0.0611. The average Bonchev–Trinajstić information content (AvgIpc) is 3.12. The monoisotopic (exact) mass is 445 g/mol. The van der Waals surface area contributed by atoms with Crippen molar-refractivity contribution < 1.29 is 22.8 Å². The van der Waals surface area contributed by atoms with E-state index in [1.807, 2.05) is 0 Å². The van der Waals surface area contributed by atoms with Gasteiger partial charge in [0.25, 0.3) is 5.60 Å². The Bertz CT molecular complexity index is 946. The van der Waals surface area contributed by atoms with Gasteiger partial charge in [-0.1, -0.05) is 47.4 Å². The molecule has 154 valence electrons. The number of rotatable bonds is 5. The molecule has 0 bridgehead atoms. The number of hydrogen-bond acceptors (Lipinski definition) is 4. The van der Waals surface area contributed by atoms with Crippen molar-refractivity contribution in [3.63, 3.8) is 0 Å². The first-order chi connectivity index (χ1) is 13.6. The molecule has 10 heteroatoms. The van der Waals surface area contributed by atoms with Gasteiger partial charge in [-0.25, -0.2) is 0 Å². The van der Waals surface area contributed by atoms with Gasteiger partial charge in [0.1, 0.15) is 0 Å². The number of benzene rings is 2. The highest BCUT2D eigenvalue weighted by molar-refractivity contribution is 6.34. The van der Waals surface area contributed by atoms with Crippen molar-refractivity contribution >= 4 is 40.5 Å². The zero-order chi connectivity index (χ0) is 21.2. The summed E-state index contributed by atoms with van der Waals surface area (Å²) in [6.07, 6.45) is -5.04. The van der Waals surface area contributed by atoms with Gasteiger partial charge in [0.2, 0.25) is 5.91 Å². The third-order valence-electron chi connectivity index (χ3n) is 4.38. The molecule has 0 radical (unpaired) electrons. The number of nitrogens with one attached hydrogen (secondary N) is 2. The van der Waals surface area contributed by atoms with Crippen LogP contribution in [0, 0.1) is 0 Å². The normalized spacial score (nSPS) is 18.8. The molecule has 3 rings (SSSR count). The summed E-state index contributed by atoms with van der Waals surface area (Å²) in [5.74, 6) is -0.231. The number of nitrogens with zero attached hydrogens (tertiary/aromatic N) is 1. The van der Waals surface area contributed by atoms with Gasteiger partial charge in [0, 0.05) is 34.0 Å². The van der Waals surface area contributed by atoms with Crippen LogP contribution >= 0.6 is 23.2 Å². The molecule has 1 heterocycles. The number of amides is 1. The van der Waals surface area contributed by atoms with Crippen LogP contribution in [0.4, 0.5) is 18.9 Å². The van der Waals surface area contributed by atoms with Gasteiger partial charge in [0.05, 0.1) is 11.4 Å². The third kappa shape index (κ3) is 4.43. The van der Waals surface area contributed by atoms with Crippen LogP contribution in [0.3, 0.4) is 0 Å². The molecule has 0 aromatic heterocycles. The molecule has 1 aliphatic heterocycles. The Morgan fingerprint density at radius 1 is 1.21 bits per heavy atom. The number of hydrazine groups is 1. The molecule has 0 fully saturated rings. The summed E-state index contributed by atoms with van der Waals surface area (Å²) >= 11 is 11.8. The first-order valence-electron chi connectivity index (χ1n) is 8.58. The minimum Gasteiger partial charge on any atom is -0.374 e. The number of hydrogen-bond donors (Lipinski definition) is 2. The van der Waals surface area contributed by atoms with Gasteiger partial charge in [-0.15, -0.1) is 0 Å². The van der Waals surface area contributed by atoms with Crippen molar-refractivity contribution in [2.45, 2.75) is 31.5 Å². The van der Waals surface area contributed by atoms with Gasteiger partial charge in [-0.3, -0.25) is 15.6 Å². The summed E-state index contributed by atoms with van der Waals surface area (Å²) in [4.78, 5) is 16.3. The fourth-order valence-corrected chi connectivity index (χ4v) is 3.38. The second kappa shape index (κ2) is 8.12. The van der Waals surface area contributed by atoms with E-state index >= 15 is 0 Å². The number of halogens is 5. The maximum atomic E-state index is 14.0. The molecule has 5 nitrogen and oxygen atoms in total. The van der Waals surface area contributed by atoms with E-state index in [4.69, 9.17) is 28.0 Å². The molecule has 0 saturated heterocycles. The van der Waals surface area contributed by atoms with Crippen molar-refractivity contribution in [2.75, 3.05) is 5.43 Å². The molecule has 2 aromatic carbocycles. The van der Waals surface area contributed by atoms with E-state index in [1.54, 1.807) is 31.2 Å². The quantitative estimate of drug-likeness (QED) is 0.603. The van der Waals surface area contributed by atoms with Crippen LogP contribution in [-0.2, 0) is 15.2 Å². The highest BCUT2D eigenvalue weighted by Gasteiger charge is 2.62. The summed E-state index contributed by atoms with van der Waals surface area (Å²) < 4.78 is 42.1. The van der Waals surface area contributed by atoms with E-state index in [1.165, 1.54) is 6.07 Å². The van der Waals surface area contributed by atoms with E-state index in [0.29, 0.717) is 11.3 Å². The number of alkyl halides is 3. The molecule has 1 atom stereocenters. The van der Waals surface area contributed by atoms with Gasteiger partial charge in [-0.05, 0) is 30.3 Å². The number of carbonyl (C=O) groups excluding carboxylic acids is 1.